The van der Waals surface area contributed by atoms with Crippen LogP contribution in [0.5, 0.6) is 0 Å². The van der Waals surface area contributed by atoms with Crippen molar-refractivity contribution in [2.45, 2.75) is 6.54 Å². The molecule has 1 rings (SSSR count). The molecule has 17 heavy (non-hydrogen) atoms. The van der Waals surface area contributed by atoms with Gasteiger partial charge in [-0.05, 0) is 17.8 Å². The zero-order valence-corrected chi connectivity index (χ0v) is 10.9. The summed E-state index contributed by atoms with van der Waals surface area (Å²) in [5, 5.41) is 6.23. The smallest absolute Gasteiger partial charge is 0.239 e. The molecule has 0 radical (unpaired) electrons. The third-order valence-electron chi connectivity index (χ3n) is 2.29. The SMILES string of the molecule is CNC(=O)CN(C)C(=S)NCc1ccccc1. The Balaban J connectivity index is 2.37. The Morgan fingerprint density at radius 2 is 2.00 bits per heavy atom. The van der Waals surface area contributed by atoms with Crippen molar-refractivity contribution >= 4 is 23.2 Å². The van der Waals surface area contributed by atoms with Crippen molar-refractivity contribution in [3.05, 3.63) is 35.9 Å². The number of likely N-dealkylation sites (N-methyl/N-ethyl adjacent to an activating group) is 2. The minimum absolute atomic E-state index is 0.0589. The number of carbonyl (C=O) groups excluding carboxylic acids is 1. The lowest BCUT2D eigenvalue weighted by Gasteiger charge is -2.20. The van der Waals surface area contributed by atoms with Gasteiger partial charge >= 0.3 is 0 Å². The Bertz CT molecular complexity index is 381. The fourth-order valence-electron chi connectivity index (χ4n) is 1.27. The highest BCUT2D eigenvalue weighted by Crippen LogP contribution is 1.97. The number of thiocarbonyl (C=S) groups is 1. The van der Waals surface area contributed by atoms with E-state index in [2.05, 4.69) is 10.6 Å². The van der Waals surface area contributed by atoms with Crippen LogP contribution in [0.4, 0.5) is 0 Å². The van der Waals surface area contributed by atoms with Gasteiger partial charge in [0.2, 0.25) is 5.91 Å². The van der Waals surface area contributed by atoms with Crippen LogP contribution in [0, 0.1) is 0 Å². The van der Waals surface area contributed by atoms with Gasteiger partial charge in [0.05, 0.1) is 6.54 Å². The molecule has 0 bridgehead atoms. The number of carbonyl (C=O) groups is 1. The maximum Gasteiger partial charge on any atom is 0.239 e. The van der Waals surface area contributed by atoms with Gasteiger partial charge in [0.1, 0.15) is 0 Å². The molecule has 0 unspecified atom stereocenters. The highest BCUT2D eigenvalue weighted by Gasteiger charge is 2.07. The molecule has 1 aromatic rings. The first-order valence-corrected chi connectivity index (χ1v) is 5.77. The number of nitrogens with zero attached hydrogens (tertiary/aromatic N) is 1. The first kappa shape index (κ1) is 13.4. The highest BCUT2D eigenvalue weighted by atomic mass is 32.1. The van der Waals surface area contributed by atoms with E-state index in [-0.39, 0.29) is 12.5 Å². The third kappa shape index (κ3) is 4.82. The van der Waals surface area contributed by atoms with E-state index in [1.807, 2.05) is 30.3 Å². The first-order chi connectivity index (χ1) is 8.13. The predicted octanol–water partition coefficient (Wildman–Crippen LogP) is 0.739. The van der Waals surface area contributed by atoms with Crippen molar-refractivity contribution in [1.29, 1.82) is 0 Å². The van der Waals surface area contributed by atoms with Gasteiger partial charge in [-0.1, -0.05) is 30.3 Å². The zero-order chi connectivity index (χ0) is 12.7. The normalized spacial score (nSPS) is 9.53. The Morgan fingerprint density at radius 1 is 1.35 bits per heavy atom. The molecular weight excluding hydrogens is 234 g/mol. The lowest BCUT2D eigenvalue weighted by atomic mass is 10.2. The minimum atomic E-state index is -0.0589. The average Bonchev–Trinajstić information content (AvgIpc) is 2.36. The molecule has 2 N–H and O–H groups in total. The van der Waals surface area contributed by atoms with E-state index >= 15 is 0 Å². The van der Waals surface area contributed by atoms with Crippen molar-refractivity contribution < 1.29 is 4.79 Å². The van der Waals surface area contributed by atoms with E-state index in [9.17, 15) is 4.79 Å². The molecule has 0 aliphatic rings. The van der Waals surface area contributed by atoms with E-state index in [0.29, 0.717) is 11.7 Å². The predicted molar refractivity (Wildman–Crippen MR) is 72.6 cm³/mol. The second kappa shape index (κ2) is 6.85. The monoisotopic (exact) mass is 251 g/mol. The second-order valence-corrected chi connectivity index (χ2v) is 4.06. The fourth-order valence-corrected chi connectivity index (χ4v) is 1.41. The molecule has 0 aliphatic heterocycles. The summed E-state index contributed by atoms with van der Waals surface area (Å²) < 4.78 is 0. The standard InChI is InChI=1S/C12H17N3OS/c1-13-11(16)9-15(2)12(17)14-8-10-6-4-3-5-7-10/h3-7H,8-9H2,1-2H3,(H,13,16)(H,14,17). The summed E-state index contributed by atoms with van der Waals surface area (Å²) in [4.78, 5) is 12.9. The van der Waals surface area contributed by atoms with Crippen LogP contribution in [0.1, 0.15) is 5.56 Å². The molecule has 4 nitrogen and oxygen atoms in total. The summed E-state index contributed by atoms with van der Waals surface area (Å²) in [5.41, 5.74) is 1.16. The molecule has 1 aromatic carbocycles. The number of rotatable bonds is 4. The highest BCUT2D eigenvalue weighted by molar-refractivity contribution is 7.80. The van der Waals surface area contributed by atoms with Crippen LogP contribution in [0.3, 0.4) is 0 Å². The number of hydrogen-bond acceptors (Lipinski definition) is 2. The lowest BCUT2D eigenvalue weighted by Crippen LogP contribution is -2.42. The van der Waals surface area contributed by atoms with Crippen molar-refractivity contribution in [3.63, 3.8) is 0 Å². The van der Waals surface area contributed by atoms with Gasteiger partial charge in [0, 0.05) is 20.6 Å². The van der Waals surface area contributed by atoms with Crippen LogP contribution in [-0.2, 0) is 11.3 Å². The molecule has 92 valence electrons. The van der Waals surface area contributed by atoms with Crippen molar-refractivity contribution in [1.82, 2.24) is 15.5 Å². The number of hydrogen-bond donors (Lipinski definition) is 2. The molecule has 0 aliphatic carbocycles. The molecule has 0 saturated carbocycles. The van der Waals surface area contributed by atoms with Crippen molar-refractivity contribution in [2.75, 3.05) is 20.6 Å². The first-order valence-electron chi connectivity index (χ1n) is 5.37. The number of benzene rings is 1. The molecule has 5 heteroatoms. The summed E-state index contributed by atoms with van der Waals surface area (Å²) in [5.74, 6) is -0.0589. The molecule has 1 amide bonds. The van der Waals surface area contributed by atoms with Crippen LogP contribution < -0.4 is 10.6 Å². The second-order valence-electron chi connectivity index (χ2n) is 3.67. The molecular formula is C12H17N3OS. The van der Waals surface area contributed by atoms with Gasteiger partial charge in [-0.25, -0.2) is 0 Å². The van der Waals surface area contributed by atoms with E-state index in [1.54, 1.807) is 19.0 Å². The van der Waals surface area contributed by atoms with E-state index in [1.165, 1.54) is 0 Å². The van der Waals surface area contributed by atoms with Gasteiger partial charge < -0.3 is 15.5 Å². The van der Waals surface area contributed by atoms with Crippen LogP contribution in [0.25, 0.3) is 0 Å². The largest absolute Gasteiger partial charge is 0.358 e. The summed E-state index contributed by atoms with van der Waals surface area (Å²) in [6, 6.07) is 9.98. The molecule has 0 saturated heterocycles. The average molecular weight is 251 g/mol. The number of amides is 1. The van der Waals surface area contributed by atoms with E-state index < -0.39 is 0 Å². The van der Waals surface area contributed by atoms with E-state index in [4.69, 9.17) is 12.2 Å². The Kier molecular flexibility index (Phi) is 5.42. The summed E-state index contributed by atoms with van der Waals surface area (Å²) in [6.07, 6.45) is 0. The molecule has 0 spiro atoms. The summed E-state index contributed by atoms with van der Waals surface area (Å²) >= 11 is 5.18. The quantitative estimate of drug-likeness (QED) is 0.775. The minimum Gasteiger partial charge on any atom is -0.358 e. The maximum atomic E-state index is 11.2. The Labute approximate surface area is 107 Å². The summed E-state index contributed by atoms with van der Waals surface area (Å²) in [7, 11) is 3.40. The fraction of sp³-hybridized carbons (Fsp3) is 0.333. The van der Waals surface area contributed by atoms with Crippen molar-refractivity contribution in [3.8, 4) is 0 Å². The van der Waals surface area contributed by atoms with Crippen molar-refractivity contribution in [2.24, 2.45) is 0 Å². The Morgan fingerprint density at radius 3 is 2.59 bits per heavy atom. The molecule has 0 heterocycles. The van der Waals surface area contributed by atoms with Gasteiger partial charge in [-0.2, -0.15) is 0 Å². The number of nitrogens with one attached hydrogen (secondary N) is 2. The third-order valence-corrected chi connectivity index (χ3v) is 2.75. The van der Waals surface area contributed by atoms with Gasteiger partial charge in [-0.3, -0.25) is 4.79 Å². The van der Waals surface area contributed by atoms with Gasteiger partial charge in [0.25, 0.3) is 0 Å². The van der Waals surface area contributed by atoms with Gasteiger partial charge in [0.15, 0.2) is 5.11 Å². The zero-order valence-electron chi connectivity index (χ0n) is 10.1. The molecule has 0 fully saturated rings. The van der Waals surface area contributed by atoms with Crippen LogP contribution in [-0.4, -0.2) is 36.6 Å². The van der Waals surface area contributed by atoms with E-state index in [0.717, 1.165) is 5.56 Å². The Hall–Kier alpha value is -1.62. The topological polar surface area (TPSA) is 44.4 Å². The molecule has 0 atom stereocenters. The van der Waals surface area contributed by atoms with Crippen LogP contribution in [0.2, 0.25) is 0 Å². The van der Waals surface area contributed by atoms with Gasteiger partial charge in [-0.15, -0.1) is 0 Å². The summed E-state index contributed by atoms with van der Waals surface area (Å²) in [6.45, 7) is 0.925. The van der Waals surface area contributed by atoms with Crippen LogP contribution in [0.15, 0.2) is 30.3 Å². The van der Waals surface area contributed by atoms with Crippen LogP contribution >= 0.6 is 12.2 Å². The lowest BCUT2D eigenvalue weighted by molar-refractivity contribution is -0.120. The maximum absolute atomic E-state index is 11.2. The molecule has 0 aromatic heterocycles.